The van der Waals surface area contributed by atoms with E-state index in [1.807, 2.05) is 0 Å². The van der Waals surface area contributed by atoms with E-state index in [1.54, 1.807) is 42.5 Å². The zero-order valence-electron chi connectivity index (χ0n) is 29.4. The number of allylic oxidation sites excluding steroid dienone is 6. The molecule has 0 aromatic carbocycles. The summed E-state index contributed by atoms with van der Waals surface area (Å²) in [5.41, 5.74) is 0. The van der Waals surface area contributed by atoms with Crippen molar-refractivity contribution in [1.82, 2.24) is 0 Å². The van der Waals surface area contributed by atoms with E-state index in [4.69, 9.17) is 19.3 Å². The quantitative estimate of drug-likeness (QED) is 0.0231. The maximum atomic E-state index is 12.3. The van der Waals surface area contributed by atoms with Crippen molar-refractivity contribution in [3.8, 4) is 0 Å². The fraction of sp³-hybridized carbons (Fsp3) is 0.722. The lowest BCUT2D eigenvalue weighted by molar-refractivity contribution is -0.161. The van der Waals surface area contributed by atoms with Crippen LogP contribution in [0.2, 0.25) is 0 Å². The highest BCUT2D eigenvalue weighted by Crippen LogP contribution is 2.36. The highest BCUT2D eigenvalue weighted by molar-refractivity contribution is 7.46. The van der Waals surface area contributed by atoms with Crippen LogP contribution in [0.5, 0.6) is 0 Å². The number of carbonyl (C=O) groups excluding carboxylic acids is 2. The van der Waals surface area contributed by atoms with Gasteiger partial charge in [0, 0.05) is 12.8 Å². The molecule has 0 heterocycles. The van der Waals surface area contributed by atoms with Gasteiger partial charge >= 0.3 is 19.8 Å². The van der Waals surface area contributed by atoms with Crippen LogP contribution in [-0.4, -0.2) is 74.7 Å². The van der Waals surface area contributed by atoms with E-state index in [1.165, 1.54) is 31.8 Å². The van der Waals surface area contributed by atoms with Gasteiger partial charge in [0.2, 0.25) is 0 Å². The molecule has 0 spiro atoms. The summed E-state index contributed by atoms with van der Waals surface area (Å²) in [5, 5.41) is 30.2. The van der Waals surface area contributed by atoms with Crippen molar-refractivity contribution >= 4 is 19.8 Å². The SMILES string of the molecule is CCCCC[C@@H](O)/C=C/C=C\C=C\C=C\[C@@H](O)[C@H](O)CCCC(=O)OC[C@H](COP(=O)(O)O)OC(=O)CCCCCCCCC(C)CC. The molecule has 0 fully saturated rings. The van der Waals surface area contributed by atoms with Crippen molar-refractivity contribution in [2.75, 3.05) is 13.2 Å². The number of hydrogen-bond acceptors (Lipinski definition) is 9. The number of aliphatic hydroxyl groups is 3. The highest BCUT2D eigenvalue weighted by Gasteiger charge is 2.23. The van der Waals surface area contributed by atoms with Gasteiger partial charge in [-0.15, -0.1) is 0 Å². The average molecular weight is 703 g/mol. The van der Waals surface area contributed by atoms with Crippen LogP contribution in [0.15, 0.2) is 48.6 Å². The van der Waals surface area contributed by atoms with Gasteiger partial charge in [-0.2, -0.15) is 0 Å². The van der Waals surface area contributed by atoms with Gasteiger partial charge in [-0.25, -0.2) is 4.57 Å². The van der Waals surface area contributed by atoms with Crippen molar-refractivity contribution in [2.24, 2.45) is 5.92 Å². The Hall–Kier alpha value is -2.11. The molecular weight excluding hydrogens is 639 g/mol. The van der Waals surface area contributed by atoms with Crippen molar-refractivity contribution in [2.45, 2.75) is 148 Å². The van der Waals surface area contributed by atoms with Gasteiger partial charge in [0.25, 0.3) is 0 Å². The summed E-state index contributed by atoms with van der Waals surface area (Å²) in [5.74, 6) is -0.475. The molecule has 12 heteroatoms. The first-order chi connectivity index (χ1) is 22.9. The van der Waals surface area contributed by atoms with Crippen LogP contribution in [0.1, 0.15) is 124 Å². The average Bonchev–Trinajstić information content (AvgIpc) is 3.04. The Morgan fingerprint density at radius 3 is 1.92 bits per heavy atom. The molecule has 278 valence electrons. The number of unbranched alkanes of at least 4 members (excludes halogenated alkanes) is 7. The Bertz CT molecular complexity index is 988. The molecule has 0 rings (SSSR count). The number of esters is 2. The molecule has 0 aliphatic carbocycles. The van der Waals surface area contributed by atoms with Gasteiger partial charge in [0.1, 0.15) is 6.61 Å². The second-order valence-corrected chi connectivity index (χ2v) is 13.5. The normalized spacial score (nSPS) is 15.8. The number of phosphoric acid groups is 1. The smallest absolute Gasteiger partial charge is 0.462 e. The molecule has 5 N–H and O–H groups in total. The lowest BCUT2D eigenvalue weighted by Crippen LogP contribution is -2.29. The molecule has 0 bridgehead atoms. The molecule has 11 nitrogen and oxygen atoms in total. The Kier molecular flexibility index (Phi) is 28.5. The lowest BCUT2D eigenvalue weighted by atomic mass is 10.00. The minimum atomic E-state index is -4.83. The molecule has 0 aliphatic rings. The molecule has 0 aliphatic heterocycles. The topological polar surface area (TPSA) is 180 Å². The highest BCUT2D eigenvalue weighted by atomic mass is 31.2. The van der Waals surface area contributed by atoms with Crippen LogP contribution in [-0.2, 0) is 28.2 Å². The summed E-state index contributed by atoms with van der Waals surface area (Å²) in [6.45, 7) is 5.49. The monoisotopic (exact) mass is 702 g/mol. The van der Waals surface area contributed by atoms with Crippen LogP contribution in [0, 0.1) is 5.92 Å². The van der Waals surface area contributed by atoms with Crippen molar-refractivity contribution in [3.05, 3.63) is 48.6 Å². The minimum absolute atomic E-state index is 0.0869. The van der Waals surface area contributed by atoms with E-state index < -0.39 is 57.4 Å². The van der Waals surface area contributed by atoms with Crippen LogP contribution < -0.4 is 0 Å². The fourth-order valence-electron chi connectivity index (χ4n) is 4.55. The summed E-state index contributed by atoms with van der Waals surface area (Å²) in [7, 11) is -4.83. The molecule has 0 aromatic rings. The van der Waals surface area contributed by atoms with Crippen molar-refractivity contribution in [1.29, 1.82) is 0 Å². The molecule has 0 saturated carbocycles. The van der Waals surface area contributed by atoms with E-state index >= 15 is 0 Å². The van der Waals surface area contributed by atoms with Gasteiger partial charge in [-0.3, -0.25) is 14.1 Å². The lowest BCUT2D eigenvalue weighted by Gasteiger charge is -2.18. The third kappa shape index (κ3) is 30.0. The van der Waals surface area contributed by atoms with Crippen LogP contribution in [0.3, 0.4) is 0 Å². The molecule has 5 atom stereocenters. The van der Waals surface area contributed by atoms with Gasteiger partial charge in [0.15, 0.2) is 6.10 Å². The predicted molar refractivity (Wildman–Crippen MR) is 188 cm³/mol. The first kappa shape index (κ1) is 45.9. The van der Waals surface area contributed by atoms with Crippen LogP contribution in [0.4, 0.5) is 0 Å². The van der Waals surface area contributed by atoms with Crippen molar-refractivity contribution < 1.29 is 53.3 Å². The van der Waals surface area contributed by atoms with Gasteiger partial charge in [-0.05, 0) is 31.6 Å². The standard InChI is InChI=1S/C36H63O11P/c1-4-6-15-22-31(37)23-17-12-8-9-13-18-24-33(38)34(39)25-20-27-35(40)45-28-32(29-46-48(42,43)44)47-36(41)26-19-14-10-7-11-16-21-30(3)5-2/h8-9,12-13,17-18,23-24,30-34,37-39H,4-7,10-11,14-16,19-22,25-29H2,1-3H3,(H2,42,43,44)/b12-8-,13-9+,23-17+,24-18+/t30?,31-,32-,33-,34-/m1/s1. The Balaban J connectivity index is 4.40. The second-order valence-electron chi connectivity index (χ2n) is 12.3. The van der Waals surface area contributed by atoms with Crippen molar-refractivity contribution in [3.63, 3.8) is 0 Å². The zero-order valence-corrected chi connectivity index (χ0v) is 30.3. The predicted octanol–water partition coefficient (Wildman–Crippen LogP) is 6.78. The van der Waals surface area contributed by atoms with E-state index in [2.05, 4.69) is 25.3 Å². The third-order valence-corrected chi connectivity index (χ3v) is 8.24. The number of aliphatic hydroxyl groups excluding tert-OH is 3. The largest absolute Gasteiger partial charge is 0.469 e. The van der Waals surface area contributed by atoms with Gasteiger partial charge in [-0.1, -0.05) is 134 Å². The summed E-state index contributed by atoms with van der Waals surface area (Å²) in [4.78, 5) is 42.6. The first-order valence-corrected chi connectivity index (χ1v) is 19.2. The molecule has 0 radical (unpaired) electrons. The summed E-state index contributed by atoms with van der Waals surface area (Å²) >= 11 is 0. The molecule has 48 heavy (non-hydrogen) atoms. The minimum Gasteiger partial charge on any atom is -0.462 e. The van der Waals surface area contributed by atoms with Gasteiger partial charge in [0.05, 0.1) is 24.9 Å². The number of carbonyl (C=O) groups is 2. The third-order valence-electron chi connectivity index (χ3n) is 7.76. The zero-order chi connectivity index (χ0) is 36.0. The molecule has 0 amide bonds. The number of rotatable bonds is 30. The molecule has 1 unspecified atom stereocenters. The Morgan fingerprint density at radius 1 is 0.688 bits per heavy atom. The Labute approximate surface area is 288 Å². The Morgan fingerprint density at radius 2 is 1.27 bits per heavy atom. The number of phosphoric ester groups is 1. The van der Waals surface area contributed by atoms with E-state index in [-0.39, 0.29) is 25.7 Å². The number of hydrogen-bond donors (Lipinski definition) is 5. The fourth-order valence-corrected chi connectivity index (χ4v) is 4.91. The number of ether oxygens (including phenoxy) is 2. The summed E-state index contributed by atoms with van der Waals surface area (Å²) in [6.07, 6.45) is 22.4. The van der Waals surface area contributed by atoms with Crippen LogP contribution >= 0.6 is 7.82 Å². The van der Waals surface area contributed by atoms with Crippen LogP contribution in [0.25, 0.3) is 0 Å². The second kappa shape index (κ2) is 29.8. The maximum Gasteiger partial charge on any atom is 0.469 e. The van der Waals surface area contributed by atoms with E-state index in [0.29, 0.717) is 6.42 Å². The molecular formula is C36H63O11P. The van der Waals surface area contributed by atoms with E-state index in [9.17, 15) is 29.5 Å². The molecule has 0 aromatic heterocycles. The first-order valence-electron chi connectivity index (χ1n) is 17.7. The van der Waals surface area contributed by atoms with E-state index in [0.717, 1.165) is 50.9 Å². The maximum absolute atomic E-state index is 12.3. The van der Waals surface area contributed by atoms with Gasteiger partial charge < -0.3 is 34.6 Å². The molecule has 0 saturated heterocycles. The summed E-state index contributed by atoms with van der Waals surface area (Å²) < 4.78 is 26.0. The summed E-state index contributed by atoms with van der Waals surface area (Å²) in [6, 6.07) is 0.